The number of carbonyl (C=O) groups excluding carboxylic acids is 1. The summed E-state index contributed by atoms with van der Waals surface area (Å²) in [5, 5.41) is 9.52. The number of hydrogen-bond donors (Lipinski definition) is 2. The standard InChI is InChI=1S/C28H30Cl2N4O4/c1-4-18(35)9-15-7-8-38-14-21(15)33-24-11-19-16(13-31-24)10-20(34-28(19)32-17-5-6-17)25-26(29)22(36-2)12-23(37-3)27(25)30/h4,10-13,15,17,21H,1,5-9,14H2,2-3H3,(H,31,33)(H,32,34)/t15-,21-/m1/s1. The summed E-state index contributed by atoms with van der Waals surface area (Å²) in [5.74, 6) is 2.48. The Hall–Kier alpha value is -3.07. The van der Waals surface area contributed by atoms with Crippen molar-refractivity contribution in [3.8, 4) is 22.8 Å². The predicted octanol–water partition coefficient (Wildman–Crippen LogP) is 6.16. The summed E-state index contributed by atoms with van der Waals surface area (Å²) in [5.41, 5.74) is 1.11. The van der Waals surface area contributed by atoms with Crippen LogP contribution in [0.25, 0.3) is 22.0 Å². The summed E-state index contributed by atoms with van der Waals surface area (Å²) in [6.45, 7) is 4.76. The van der Waals surface area contributed by atoms with E-state index in [1.54, 1.807) is 26.5 Å². The number of aromatic nitrogens is 2. The molecule has 10 heteroatoms. The number of allylic oxidation sites excluding steroid dienone is 1. The minimum Gasteiger partial charge on any atom is -0.495 e. The van der Waals surface area contributed by atoms with Crippen LogP contribution in [0.1, 0.15) is 25.7 Å². The number of nitrogens with zero attached hydrogens (tertiary/aromatic N) is 2. The molecule has 8 nitrogen and oxygen atoms in total. The van der Waals surface area contributed by atoms with E-state index in [0.717, 1.165) is 35.9 Å². The predicted molar refractivity (Wildman–Crippen MR) is 151 cm³/mol. The van der Waals surface area contributed by atoms with E-state index in [-0.39, 0.29) is 17.7 Å². The molecule has 2 aliphatic rings. The van der Waals surface area contributed by atoms with Gasteiger partial charge in [0, 0.05) is 47.7 Å². The molecule has 3 heterocycles. The molecule has 3 aromatic rings. The van der Waals surface area contributed by atoms with Gasteiger partial charge in [0.25, 0.3) is 0 Å². The minimum atomic E-state index is -0.0356. The highest BCUT2D eigenvalue weighted by Gasteiger charge is 2.28. The first-order chi connectivity index (χ1) is 18.4. The molecule has 1 saturated carbocycles. The van der Waals surface area contributed by atoms with E-state index >= 15 is 0 Å². The number of hydrogen-bond acceptors (Lipinski definition) is 8. The maximum Gasteiger partial charge on any atom is 0.155 e. The van der Waals surface area contributed by atoms with Crippen molar-refractivity contribution in [3.63, 3.8) is 0 Å². The van der Waals surface area contributed by atoms with E-state index in [0.29, 0.717) is 64.3 Å². The zero-order valence-corrected chi connectivity index (χ0v) is 22.9. The number of halogens is 2. The molecular weight excluding hydrogens is 527 g/mol. The Kier molecular flexibility index (Phi) is 7.93. The number of ketones is 1. The maximum atomic E-state index is 12.0. The Morgan fingerprint density at radius 3 is 2.53 bits per heavy atom. The van der Waals surface area contributed by atoms with Gasteiger partial charge in [-0.2, -0.15) is 0 Å². The number of rotatable bonds is 10. The molecule has 200 valence electrons. The molecule has 2 atom stereocenters. The number of nitrogens with one attached hydrogen (secondary N) is 2. The summed E-state index contributed by atoms with van der Waals surface area (Å²) in [6, 6.07) is 5.87. The van der Waals surface area contributed by atoms with Crippen LogP contribution in [0.4, 0.5) is 11.6 Å². The van der Waals surface area contributed by atoms with E-state index in [1.807, 2.05) is 12.1 Å². The van der Waals surface area contributed by atoms with Gasteiger partial charge in [0.05, 0.1) is 42.6 Å². The summed E-state index contributed by atoms with van der Waals surface area (Å²) in [4.78, 5) is 21.7. The second-order valence-electron chi connectivity index (χ2n) is 9.60. The molecule has 0 bridgehead atoms. The Morgan fingerprint density at radius 2 is 1.87 bits per heavy atom. The Bertz CT molecular complexity index is 1350. The Morgan fingerprint density at radius 1 is 1.13 bits per heavy atom. The molecule has 38 heavy (non-hydrogen) atoms. The first-order valence-electron chi connectivity index (χ1n) is 12.6. The van der Waals surface area contributed by atoms with Gasteiger partial charge >= 0.3 is 0 Å². The average Bonchev–Trinajstić information content (AvgIpc) is 3.74. The lowest BCUT2D eigenvalue weighted by Crippen LogP contribution is -2.39. The van der Waals surface area contributed by atoms with Crippen LogP contribution in [0, 0.1) is 5.92 Å². The van der Waals surface area contributed by atoms with Crippen molar-refractivity contribution in [1.82, 2.24) is 9.97 Å². The van der Waals surface area contributed by atoms with Crippen molar-refractivity contribution >= 4 is 51.4 Å². The van der Waals surface area contributed by atoms with Crippen LogP contribution >= 0.6 is 23.2 Å². The van der Waals surface area contributed by atoms with Crippen molar-refractivity contribution in [2.24, 2.45) is 5.92 Å². The average molecular weight is 557 g/mol. The van der Waals surface area contributed by atoms with Crippen molar-refractivity contribution in [3.05, 3.63) is 47.1 Å². The van der Waals surface area contributed by atoms with Crippen molar-refractivity contribution in [2.45, 2.75) is 37.8 Å². The van der Waals surface area contributed by atoms with E-state index in [9.17, 15) is 4.79 Å². The molecular formula is C28H30Cl2N4O4. The van der Waals surface area contributed by atoms with E-state index in [4.69, 9.17) is 42.4 Å². The maximum absolute atomic E-state index is 12.0. The molecule has 0 spiro atoms. The zero-order chi connectivity index (χ0) is 26.8. The van der Waals surface area contributed by atoms with Crippen LogP contribution in [-0.4, -0.2) is 55.3 Å². The molecule has 2 N–H and O–H groups in total. The van der Waals surface area contributed by atoms with Crippen LogP contribution in [-0.2, 0) is 9.53 Å². The van der Waals surface area contributed by atoms with Crippen LogP contribution in [0.15, 0.2) is 37.1 Å². The molecule has 1 aromatic carbocycles. The lowest BCUT2D eigenvalue weighted by molar-refractivity contribution is -0.116. The number of methoxy groups -OCH3 is 2. The second kappa shape index (κ2) is 11.4. The fourth-order valence-corrected chi connectivity index (χ4v) is 5.41. The molecule has 0 radical (unpaired) electrons. The first-order valence-corrected chi connectivity index (χ1v) is 13.3. The fraction of sp³-hybridized carbons (Fsp3) is 0.393. The van der Waals surface area contributed by atoms with E-state index in [2.05, 4.69) is 22.2 Å². The quantitative estimate of drug-likeness (QED) is 0.287. The highest BCUT2D eigenvalue weighted by Crippen LogP contribution is 2.46. The lowest BCUT2D eigenvalue weighted by Gasteiger charge is -2.32. The van der Waals surface area contributed by atoms with Crippen molar-refractivity contribution in [1.29, 1.82) is 0 Å². The summed E-state index contributed by atoms with van der Waals surface area (Å²) >= 11 is 13.4. The number of anilines is 2. The monoisotopic (exact) mass is 556 g/mol. The summed E-state index contributed by atoms with van der Waals surface area (Å²) < 4.78 is 16.6. The van der Waals surface area contributed by atoms with Gasteiger partial charge in [-0.05, 0) is 43.4 Å². The fourth-order valence-electron chi connectivity index (χ4n) is 4.71. The highest BCUT2D eigenvalue weighted by atomic mass is 35.5. The van der Waals surface area contributed by atoms with Gasteiger partial charge in [-0.25, -0.2) is 9.97 Å². The third-order valence-corrected chi connectivity index (χ3v) is 7.74. The lowest BCUT2D eigenvalue weighted by atomic mass is 9.89. The third kappa shape index (κ3) is 5.53. The highest BCUT2D eigenvalue weighted by molar-refractivity contribution is 6.41. The molecule has 1 saturated heterocycles. The topological polar surface area (TPSA) is 94.6 Å². The normalized spacial score (nSPS) is 19.2. The number of fused-ring (bicyclic) bond motifs is 1. The molecule has 1 aliphatic heterocycles. The zero-order valence-electron chi connectivity index (χ0n) is 21.4. The molecule has 1 aliphatic carbocycles. The Balaban J connectivity index is 1.54. The largest absolute Gasteiger partial charge is 0.495 e. The van der Waals surface area contributed by atoms with Crippen LogP contribution in [0.3, 0.4) is 0 Å². The van der Waals surface area contributed by atoms with Gasteiger partial charge in [0.2, 0.25) is 0 Å². The van der Waals surface area contributed by atoms with Gasteiger partial charge < -0.3 is 24.8 Å². The number of pyridine rings is 2. The van der Waals surface area contributed by atoms with Gasteiger partial charge in [0.1, 0.15) is 23.1 Å². The van der Waals surface area contributed by atoms with Crippen LogP contribution < -0.4 is 20.1 Å². The molecule has 0 unspecified atom stereocenters. The SMILES string of the molecule is C=CC(=O)C[C@H]1CCOC[C@H]1Nc1cc2c(NC3CC3)nc(-c3c(Cl)c(OC)cc(OC)c3Cl)cc2cn1. The minimum absolute atomic E-state index is 0.0356. The van der Waals surface area contributed by atoms with Crippen molar-refractivity contribution in [2.75, 3.05) is 38.1 Å². The van der Waals surface area contributed by atoms with E-state index in [1.165, 1.54) is 6.08 Å². The van der Waals surface area contributed by atoms with Gasteiger partial charge in [-0.3, -0.25) is 4.79 Å². The Labute approximate surface area is 231 Å². The molecule has 0 amide bonds. The van der Waals surface area contributed by atoms with Crippen LogP contribution in [0.2, 0.25) is 10.0 Å². The summed E-state index contributed by atoms with van der Waals surface area (Å²) in [6.07, 6.45) is 6.58. The second-order valence-corrected chi connectivity index (χ2v) is 10.4. The third-order valence-electron chi connectivity index (χ3n) is 6.99. The van der Waals surface area contributed by atoms with Gasteiger partial charge in [0.15, 0.2) is 5.78 Å². The van der Waals surface area contributed by atoms with Gasteiger partial charge in [-0.15, -0.1) is 0 Å². The number of ether oxygens (including phenoxy) is 3. The molecule has 5 rings (SSSR count). The smallest absolute Gasteiger partial charge is 0.155 e. The number of carbonyl (C=O) groups is 1. The van der Waals surface area contributed by atoms with Crippen LogP contribution in [0.5, 0.6) is 11.5 Å². The molecule has 2 fully saturated rings. The first kappa shape index (κ1) is 26.5. The van der Waals surface area contributed by atoms with Gasteiger partial charge in [-0.1, -0.05) is 29.8 Å². The molecule has 2 aromatic heterocycles. The number of benzene rings is 1. The summed E-state index contributed by atoms with van der Waals surface area (Å²) in [7, 11) is 3.08. The van der Waals surface area contributed by atoms with E-state index < -0.39 is 0 Å². The van der Waals surface area contributed by atoms with Crippen molar-refractivity contribution < 1.29 is 19.0 Å².